The molecule has 1 aromatic heterocycles. The minimum Gasteiger partial charge on any atom is -0.747 e. The minimum atomic E-state index is -4.45. The van der Waals surface area contributed by atoms with E-state index in [1.165, 1.54) is 16.6 Å². The number of anilines is 1. The van der Waals surface area contributed by atoms with Crippen LogP contribution in [-0.2, 0) is 17.2 Å². The van der Waals surface area contributed by atoms with Gasteiger partial charge in [0.2, 0.25) is 0 Å². The van der Waals surface area contributed by atoms with Crippen molar-refractivity contribution in [3.63, 3.8) is 0 Å². The van der Waals surface area contributed by atoms with E-state index in [0.29, 0.717) is 11.4 Å². The van der Waals surface area contributed by atoms with Crippen LogP contribution in [0.3, 0.4) is 0 Å². The molecule has 0 radical (unpaired) electrons. The van der Waals surface area contributed by atoms with Crippen molar-refractivity contribution >= 4 is 15.8 Å². The smallest absolute Gasteiger partial charge is 0.747 e. The molecule has 0 saturated carbocycles. The number of benzene rings is 1. The second-order valence-corrected chi connectivity index (χ2v) is 6.17. The first-order valence-electron chi connectivity index (χ1n) is 6.21. The number of aromatic nitrogens is 2. The van der Waals surface area contributed by atoms with Crippen molar-refractivity contribution < 1.29 is 42.5 Å². The second kappa shape index (κ2) is 8.13. The summed E-state index contributed by atoms with van der Waals surface area (Å²) in [4.78, 5) is 13.7. The molecule has 0 saturated heterocycles. The van der Waals surface area contributed by atoms with E-state index in [9.17, 15) is 17.8 Å². The Morgan fingerprint density at radius 3 is 2.22 bits per heavy atom. The molecule has 0 atom stereocenters. The molecule has 0 aliphatic heterocycles. The van der Waals surface area contributed by atoms with Crippen LogP contribution in [0, 0.1) is 6.92 Å². The largest absolute Gasteiger partial charge is 1.00 e. The van der Waals surface area contributed by atoms with Crippen molar-refractivity contribution in [2.24, 2.45) is 7.05 Å². The van der Waals surface area contributed by atoms with E-state index >= 15 is 0 Å². The minimum absolute atomic E-state index is 0. The third-order valence-corrected chi connectivity index (χ3v) is 3.96. The van der Waals surface area contributed by atoms with Gasteiger partial charge in [-0.3, -0.25) is 9.48 Å². The SMILES string of the molecule is Cc1c(N(C)CS(=O)(=O)[O-])c(=O)n(-c2ccccc2)n1C.N.[Na+]. The molecular formula is C13H19N4NaO4S. The molecule has 3 N–H and O–H groups in total. The number of para-hydroxylation sites is 1. The molecule has 0 amide bonds. The van der Waals surface area contributed by atoms with Gasteiger partial charge >= 0.3 is 29.6 Å². The monoisotopic (exact) mass is 350 g/mol. The first-order chi connectivity index (χ1) is 9.72. The molecule has 2 aromatic rings. The van der Waals surface area contributed by atoms with Crippen LogP contribution in [0.2, 0.25) is 0 Å². The summed E-state index contributed by atoms with van der Waals surface area (Å²) in [5.74, 6) is -0.748. The molecule has 0 spiro atoms. The first kappa shape index (κ1) is 21.9. The Kier molecular flexibility index (Phi) is 7.74. The molecule has 122 valence electrons. The topological polar surface area (TPSA) is 122 Å². The summed E-state index contributed by atoms with van der Waals surface area (Å²) in [6, 6.07) is 8.98. The molecule has 2 rings (SSSR count). The summed E-state index contributed by atoms with van der Waals surface area (Å²) >= 11 is 0. The number of nitrogens with zero attached hydrogens (tertiary/aromatic N) is 3. The van der Waals surface area contributed by atoms with Gasteiger partial charge in [-0.15, -0.1) is 0 Å². The Labute approximate surface area is 157 Å². The summed E-state index contributed by atoms with van der Waals surface area (Å²) < 4.78 is 35.7. The Bertz CT molecular complexity index is 814. The zero-order valence-electron chi connectivity index (χ0n) is 13.7. The molecule has 23 heavy (non-hydrogen) atoms. The predicted octanol–water partition coefficient (Wildman–Crippen LogP) is -2.41. The van der Waals surface area contributed by atoms with E-state index in [4.69, 9.17) is 0 Å². The van der Waals surface area contributed by atoms with Crippen molar-refractivity contribution in [2.75, 3.05) is 17.8 Å². The Hall–Kier alpha value is -1.10. The molecule has 1 aromatic carbocycles. The third kappa shape index (κ3) is 4.69. The van der Waals surface area contributed by atoms with Gasteiger partial charge in [0.25, 0.3) is 5.56 Å². The normalized spacial score (nSPS) is 10.6. The average Bonchev–Trinajstić information content (AvgIpc) is 2.59. The summed E-state index contributed by atoms with van der Waals surface area (Å²) in [5.41, 5.74) is 1.07. The molecule has 1 heterocycles. The molecule has 0 aliphatic carbocycles. The van der Waals surface area contributed by atoms with Crippen LogP contribution in [0.1, 0.15) is 5.69 Å². The van der Waals surface area contributed by atoms with Crippen LogP contribution in [0.15, 0.2) is 35.1 Å². The Morgan fingerprint density at radius 2 is 1.74 bits per heavy atom. The fraction of sp³-hybridized carbons (Fsp3) is 0.308. The quantitative estimate of drug-likeness (QED) is 0.484. The van der Waals surface area contributed by atoms with E-state index in [-0.39, 0.29) is 47.0 Å². The molecular weight excluding hydrogens is 331 g/mol. The van der Waals surface area contributed by atoms with Crippen molar-refractivity contribution in [1.82, 2.24) is 15.5 Å². The van der Waals surface area contributed by atoms with Gasteiger partial charge in [0.15, 0.2) is 0 Å². The Morgan fingerprint density at radius 1 is 1.22 bits per heavy atom. The fourth-order valence-corrected chi connectivity index (χ4v) is 2.90. The predicted molar refractivity (Wildman–Crippen MR) is 83.7 cm³/mol. The molecule has 0 unspecified atom stereocenters. The standard InChI is InChI=1S/C13H17N3O4S.H3N.Na/c1-10-12(14(2)9-21(18,19)20)13(17)16(15(10)3)11-7-5-4-6-8-11;;/h4-8H,9H2,1-3H3,(H,18,19,20);1H3;/q;;+1/p-1. The van der Waals surface area contributed by atoms with Crippen LogP contribution in [0.4, 0.5) is 5.69 Å². The van der Waals surface area contributed by atoms with Crippen molar-refractivity contribution in [3.05, 3.63) is 46.4 Å². The fourth-order valence-electron chi connectivity index (χ4n) is 2.30. The van der Waals surface area contributed by atoms with E-state index < -0.39 is 16.0 Å². The van der Waals surface area contributed by atoms with Crippen LogP contribution < -0.4 is 46.2 Å². The summed E-state index contributed by atoms with van der Waals surface area (Å²) in [5, 5.41) is 0. The van der Waals surface area contributed by atoms with Gasteiger partial charge in [-0.2, -0.15) is 0 Å². The van der Waals surface area contributed by atoms with Gasteiger partial charge < -0.3 is 15.6 Å². The van der Waals surface area contributed by atoms with Gasteiger partial charge in [-0.25, -0.2) is 13.1 Å². The maximum atomic E-state index is 12.5. The van der Waals surface area contributed by atoms with Gasteiger partial charge in [-0.05, 0) is 19.1 Å². The summed E-state index contributed by atoms with van der Waals surface area (Å²) in [6.45, 7) is 1.70. The van der Waals surface area contributed by atoms with E-state index in [1.54, 1.807) is 42.9 Å². The van der Waals surface area contributed by atoms with E-state index in [1.807, 2.05) is 6.07 Å². The summed E-state index contributed by atoms with van der Waals surface area (Å²) in [6.07, 6.45) is 0. The summed E-state index contributed by atoms with van der Waals surface area (Å²) in [7, 11) is -1.34. The van der Waals surface area contributed by atoms with Crippen LogP contribution >= 0.6 is 0 Å². The zero-order valence-corrected chi connectivity index (χ0v) is 16.5. The second-order valence-electron chi connectivity index (χ2n) is 4.79. The van der Waals surface area contributed by atoms with Crippen LogP contribution in [0.5, 0.6) is 0 Å². The first-order valence-corrected chi connectivity index (χ1v) is 7.79. The van der Waals surface area contributed by atoms with Crippen molar-refractivity contribution in [2.45, 2.75) is 6.92 Å². The van der Waals surface area contributed by atoms with Crippen LogP contribution in [-0.4, -0.2) is 35.3 Å². The number of hydrogen-bond donors (Lipinski definition) is 1. The molecule has 0 bridgehead atoms. The average molecular weight is 350 g/mol. The van der Waals surface area contributed by atoms with Gasteiger partial charge in [0, 0.05) is 14.1 Å². The molecule has 0 fully saturated rings. The number of hydrogen-bond acceptors (Lipinski definition) is 6. The maximum absolute atomic E-state index is 12.5. The van der Waals surface area contributed by atoms with E-state index in [0.717, 1.165) is 0 Å². The molecule has 10 heteroatoms. The van der Waals surface area contributed by atoms with Crippen LogP contribution in [0.25, 0.3) is 5.69 Å². The van der Waals surface area contributed by atoms with Crippen molar-refractivity contribution in [3.8, 4) is 5.69 Å². The zero-order chi connectivity index (χ0) is 15.8. The Balaban J connectivity index is 0.00000242. The maximum Gasteiger partial charge on any atom is 1.00 e. The number of rotatable bonds is 4. The van der Waals surface area contributed by atoms with Gasteiger partial charge in [0.05, 0.1) is 11.4 Å². The van der Waals surface area contributed by atoms with Gasteiger partial charge in [0.1, 0.15) is 21.7 Å². The van der Waals surface area contributed by atoms with Crippen molar-refractivity contribution in [1.29, 1.82) is 0 Å². The molecule has 8 nitrogen and oxygen atoms in total. The van der Waals surface area contributed by atoms with E-state index in [2.05, 4.69) is 0 Å². The molecule has 0 aliphatic rings. The van der Waals surface area contributed by atoms with Gasteiger partial charge in [-0.1, -0.05) is 18.2 Å². The third-order valence-electron chi connectivity index (χ3n) is 3.26.